The molecule has 10 nitrogen and oxygen atoms in total. The first-order valence-corrected chi connectivity index (χ1v) is 14.9. The molecule has 0 saturated carbocycles. The fourth-order valence-corrected chi connectivity index (χ4v) is 6.14. The van der Waals surface area contributed by atoms with Crippen molar-refractivity contribution < 1.29 is 28.5 Å². The molecule has 0 N–H and O–H groups in total. The van der Waals surface area contributed by atoms with Crippen molar-refractivity contribution in [3.8, 4) is 29.1 Å². The van der Waals surface area contributed by atoms with Crippen LogP contribution in [0.25, 0.3) is 6.08 Å². The molecule has 0 fully saturated rings. The highest BCUT2D eigenvalue weighted by molar-refractivity contribution is 7.07. The number of benzene rings is 3. The van der Waals surface area contributed by atoms with Crippen molar-refractivity contribution in [3.63, 3.8) is 0 Å². The second-order valence-corrected chi connectivity index (χ2v) is 10.9. The van der Waals surface area contributed by atoms with Crippen molar-refractivity contribution in [3.05, 3.63) is 114 Å². The number of fused-ring (bicyclic) bond motifs is 1. The highest BCUT2D eigenvalue weighted by Crippen LogP contribution is 2.38. The number of hydrogen-bond donors (Lipinski definition) is 0. The minimum Gasteiger partial charge on any atom is -0.497 e. The molecule has 1 aliphatic heterocycles. The van der Waals surface area contributed by atoms with Crippen molar-refractivity contribution in [1.82, 2.24) is 4.57 Å². The zero-order valence-electron chi connectivity index (χ0n) is 25.5. The van der Waals surface area contributed by atoms with Crippen LogP contribution in [0.5, 0.6) is 23.0 Å². The van der Waals surface area contributed by atoms with Crippen LogP contribution >= 0.6 is 11.3 Å². The van der Waals surface area contributed by atoms with Crippen LogP contribution in [-0.2, 0) is 16.1 Å². The summed E-state index contributed by atoms with van der Waals surface area (Å²) in [6.07, 6.45) is 1.74. The van der Waals surface area contributed by atoms with E-state index in [1.165, 1.54) is 30.1 Å². The Labute approximate surface area is 263 Å². The van der Waals surface area contributed by atoms with E-state index in [1.54, 1.807) is 69.5 Å². The van der Waals surface area contributed by atoms with Crippen LogP contribution in [0.4, 0.5) is 0 Å². The Morgan fingerprint density at radius 3 is 2.49 bits per heavy atom. The van der Waals surface area contributed by atoms with Crippen molar-refractivity contribution in [2.24, 2.45) is 4.99 Å². The van der Waals surface area contributed by atoms with Crippen molar-refractivity contribution in [1.29, 1.82) is 5.26 Å². The van der Waals surface area contributed by atoms with Crippen LogP contribution in [0.2, 0.25) is 0 Å². The molecule has 1 atom stereocenters. The summed E-state index contributed by atoms with van der Waals surface area (Å²) < 4.78 is 30.0. The summed E-state index contributed by atoms with van der Waals surface area (Å²) in [5.74, 6) is 1.40. The summed E-state index contributed by atoms with van der Waals surface area (Å²) in [5, 5.41) is 9.38. The smallest absolute Gasteiger partial charge is 0.338 e. The quantitative estimate of drug-likeness (QED) is 0.240. The molecule has 4 aromatic rings. The molecule has 0 unspecified atom stereocenters. The van der Waals surface area contributed by atoms with Gasteiger partial charge in [-0.15, -0.1) is 0 Å². The highest BCUT2D eigenvalue weighted by Gasteiger charge is 2.35. The van der Waals surface area contributed by atoms with Gasteiger partial charge in [0.25, 0.3) is 5.56 Å². The first-order chi connectivity index (χ1) is 21.8. The maximum Gasteiger partial charge on any atom is 0.338 e. The zero-order chi connectivity index (χ0) is 32.1. The number of hydrogen-bond acceptors (Lipinski definition) is 10. The van der Waals surface area contributed by atoms with E-state index in [4.69, 9.17) is 23.7 Å². The number of thiazole rings is 1. The average molecular weight is 626 g/mol. The molecule has 1 aromatic heterocycles. The number of esters is 1. The molecule has 3 aromatic carbocycles. The molecular formula is C34H31N3O7S. The molecule has 2 heterocycles. The molecule has 0 saturated heterocycles. The van der Waals surface area contributed by atoms with Gasteiger partial charge in [0.1, 0.15) is 24.1 Å². The van der Waals surface area contributed by atoms with Crippen LogP contribution in [0.3, 0.4) is 0 Å². The van der Waals surface area contributed by atoms with E-state index in [2.05, 4.69) is 11.1 Å². The van der Waals surface area contributed by atoms with Gasteiger partial charge >= 0.3 is 5.97 Å². The molecule has 0 amide bonds. The third-order valence-corrected chi connectivity index (χ3v) is 8.24. The Bertz CT molecular complexity index is 2020. The topological polar surface area (TPSA) is 121 Å². The van der Waals surface area contributed by atoms with E-state index in [0.29, 0.717) is 54.7 Å². The second kappa shape index (κ2) is 13.5. The van der Waals surface area contributed by atoms with Gasteiger partial charge in [-0.05, 0) is 61.9 Å². The van der Waals surface area contributed by atoms with Crippen molar-refractivity contribution in [2.75, 3.05) is 27.9 Å². The number of nitriles is 1. The van der Waals surface area contributed by atoms with Gasteiger partial charge in [-0.3, -0.25) is 9.36 Å². The van der Waals surface area contributed by atoms with Gasteiger partial charge in [0.2, 0.25) is 0 Å². The third-order valence-electron chi connectivity index (χ3n) is 7.25. The van der Waals surface area contributed by atoms with Crippen LogP contribution < -0.4 is 33.8 Å². The molecular weight excluding hydrogens is 594 g/mol. The molecule has 0 aliphatic carbocycles. The number of aromatic nitrogens is 1. The molecule has 1 aliphatic rings. The van der Waals surface area contributed by atoms with Gasteiger partial charge < -0.3 is 23.7 Å². The lowest BCUT2D eigenvalue weighted by Crippen LogP contribution is -2.40. The maximum absolute atomic E-state index is 14.1. The number of allylic oxidation sites excluding steroid dienone is 1. The normalized spacial score (nSPS) is 14.2. The summed E-state index contributed by atoms with van der Waals surface area (Å²) in [4.78, 5) is 32.4. The van der Waals surface area contributed by atoms with Crippen LogP contribution in [0.15, 0.2) is 81.7 Å². The van der Waals surface area contributed by atoms with Gasteiger partial charge in [0.05, 0.1) is 55.4 Å². The lowest BCUT2D eigenvalue weighted by molar-refractivity contribution is -0.139. The first-order valence-electron chi connectivity index (χ1n) is 14.0. The predicted molar refractivity (Wildman–Crippen MR) is 168 cm³/mol. The summed E-state index contributed by atoms with van der Waals surface area (Å²) in [6.45, 7) is 3.80. The van der Waals surface area contributed by atoms with E-state index in [9.17, 15) is 14.9 Å². The molecule has 0 radical (unpaired) electrons. The van der Waals surface area contributed by atoms with Crippen LogP contribution in [0, 0.1) is 11.3 Å². The Hall–Kier alpha value is -5.34. The molecule has 230 valence electrons. The van der Waals surface area contributed by atoms with Crippen molar-refractivity contribution in [2.45, 2.75) is 26.5 Å². The van der Waals surface area contributed by atoms with E-state index >= 15 is 0 Å². The Kier molecular flexibility index (Phi) is 9.35. The number of methoxy groups -OCH3 is 3. The monoisotopic (exact) mass is 625 g/mol. The number of rotatable bonds is 10. The van der Waals surface area contributed by atoms with Gasteiger partial charge in [0, 0.05) is 11.1 Å². The SMILES string of the molecule is CCOC(=O)C1=C(C)N=c2s/c(=C/c3ccc(OCc4ccccc4C#N)c(OC)c3)c(=O)n2[C@@H]1c1cc(OC)ccc1OC. The van der Waals surface area contributed by atoms with Crippen molar-refractivity contribution >= 4 is 23.4 Å². The van der Waals surface area contributed by atoms with Crippen LogP contribution in [0.1, 0.15) is 42.1 Å². The Balaban J connectivity index is 1.59. The highest BCUT2D eigenvalue weighted by atomic mass is 32.1. The molecule has 0 spiro atoms. The predicted octanol–water partition coefficient (Wildman–Crippen LogP) is 4.27. The molecule has 5 rings (SSSR count). The largest absolute Gasteiger partial charge is 0.497 e. The molecule has 45 heavy (non-hydrogen) atoms. The standard InChI is InChI=1S/C34H31N3O7S/c1-6-43-33(39)30-20(2)36-34-37(31(30)25-17-24(40-3)12-14-26(25)41-4)32(38)29(45-34)16-21-11-13-27(28(15-21)42-5)44-19-23-10-8-7-9-22(23)18-35/h7-17,31H,6,19H2,1-5H3/b29-16+/t31-/m1/s1. The van der Waals surface area contributed by atoms with Gasteiger partial charge in [0.15, 0.2) is 16.3 Å². The van der Waals surface area contributed by atoms with Gasteiger partial charge in [-0.25, -0.2) is 9.79 Å². The summed E-state index contributed by atoms with van der Waals surface area (Å²) in [6, 6.07) is 19.1. The third kappa shape index (κ3) is 6.18. The fourth-order valence-electron chi connectivity index (χ4n) is 5.09. The fraction of sp³-hybridized carbons (Fsp3) is 0.235. The molecule has 11 heteroatoms. The molecule has 0 bridgehead atoms. The second-order valence-electron chi connectivity index (χ2n) is 9.88. The van der Waals surface area contributed by atoms with Gasteiger partial charge in [-0.1, -0.05) is 35.6 Å². The number of nitrogens with zero attached hydrogens (tertiary/aromatic N) is 3. The lowest BCUT2D eigenvalue weighted by Gasteiger charge is -2.26. The number of carbonyl (C=O) groups excluding carboxylic acids is 1. The summed E-state index contributed by atoms with van der Waals surface area (Å²) in [7, 11) is 4.60. The van der Waals surface area contributed by atoms with Crippen LogP contribution in [-0.4, -0.2) is 38.5 Å². The summed E-state index contributed by atoms with van der Waals surface area (Å²) >= 11 is 1.21. The minimum atomic E-state index is -0.867. The zero-order valence-corrected chi connectivity index (χ0v) is 26.3. The Morgan fingerprint density at radius 1 is 1.02 bits per heavy atom. The van der Waals surface area contributed by atoms with E-state index in [-0.39, 0.29) is 24.3 Å². The number of carbonyl (C=O) groups is 1. The maximum atomic E-state index is 14.1. The first kappa shape index (κ1) is 31.1. The van der Waals surface area contributed by atoms with E-state index < -0.39 is 12.0 Å². The lowest BCUT2D eigenvalue weighted by atomic mass is 9.94. The Morgan fingerprint density at radius 2 is 1.78 bits per heavy atom. The van der Waals surface area contributed by atoms with E-state index in [1.807, 2.05) is 18.2 Å². The van der Waals surface area contributed by atoms with Gasteiger partial charge in [-0.2, -0.15) is 5.26 Å². The summed E-state index contributed by atoms with van der Waals surface area (Å²) in [5.41, 5.74) is 2.89. The minimum absolute atomic E-state index is 0.161. The average Bonchev–Trinajstić information content (AvgIpc) is 3.36. The van der Waals surface area contributed by atoms with E-state index in [0.717, 1.165) is 5.56 Å². The number of ether oxygens (including phenoxy) is 5.